The van der Waals surface area contributed by atoms with Crippen LogP contribution >= 0.6 is 0 Å². The molecular formula is C16H20N4O3. The average molecular weight is 316 g/mol. The number of oxazole rings is 1. The summed E-state index contributed by atoms with van der Waals surface area (Å²) < 4.78 is 10.7. The molecule has 7 nitrogen and oxygen atoms in total. The van der Waals surface area contributed by atoms with Gasteiger partial charge in [-0.3, -0.25) is 14.8 Å². The molecule has 1 fully saturated rings. The molecule has 1 atom stereocenters. The maximum absolute atomic E-state index is 12.7. The fraction of sp³-hybridized carbons (Fsp3) is 0.500. The molecule has 23 heavy (non-hydrogen) atoms. The van der Waals surface area contributed by atoms with Crippen LogP contribution in [-0.4, -0.2) is 51.6 Å². The molecule has 0 aromatic carbocycles. The number of carbonyl (C=O) groups is 1. The highest BCUT2D eigenvalue weighted by atomic mass is 16.5. The van der Waals surface area contributed by atoms with E-state index in [4.69, 9.17) is 9.15 Å². The van der Waals surface area contributed by atoms with E-state index in [0.29, 0.717) is 31.2 Å². The molecule has 3 heterocycles. The second-order valence-electron chi connectivity index (χ2n) is 5.61. The van der Waals surface area contributed by atoms with Gasteiger partial charge in [0.25, 0.3) is 5.91 Å². The predicted octanol–water partition coefficient (Wildman–Crippen LogP) is 1.56. The van der Waals surface area contributed by atoms with Crippen LogP contribution in [0.1, 0.15) is 34.1 Å². The van der Waals surface area contributed by atoms with Crippen molar-refractivity contribution in [3.05, 3.63) is 41.6 Å². The molecule has 1 saturated heterocycles. The lowest BCUT2D eigenvalue weighted by Gasteiger charge is -2.35. The molecule has 1 unspecified atom stereocenters. The van der Waals surface area contributed by atoms with Crippen LogP contribution in [0.15, 0.2) is 23.2 Å². The molecule has 0 spiro atoms. The number of rotatable bonds is 4. The highest BCUT2D eigenvalue weighted by Gasteiger charge is 2.30. The maximum atomic E-state index is 12.7. The van der Waals surface area contributed by atoms with Gasteiger partial charge in [0.05, 0.1) is 30.6 Å². The van der Waals surface area contributed by atoms with E-state index in [2.05, 4.69) is 15.0 Å². The van der Waals surface area contributed by atoms with Gasteiger partial charge in [-0.25, -0.2) is 4.98 Å². The van der Waals surface area contributed by atoms with Crippen molar-refractivity contribution >= 4 is 5.91 Å². The maximum Gasteiger partial charge on any atom is 0.276 e. The Labute approximate surface area is 134 Å². The van der Waals surface area contributed by atoms with Crippen LogP contribution in [0, 0.1) is 13.8 Å². The Morgan fingerprint density at radius 3 is 2.87 bits per heavy atom. The van der Waals surface area contributed by atoms with Crippen LogP contribution < -0.4 is 0 Å². The first-order valence-electron chi connectivity index (χ1n) is 7.72. The molecule has 7 heteroatoms. The van der Waals surface area contributed by atoms with E-state index in [9.17, 15) is 4.79 Å². The number of amides is 1. The Bertz CT molecular complexity index is 685. The number of nitrogens with zero attached hydrogens (tertiary/aromatic N) is 4. The van der Waals surface area contributed by atoms with E-state index in [0.717, 1.165) is 24.2 Å². The van der Waals surface area contributed by atoms with Crippen LogP contribution in [0.4, 0.5) is 0 Å². The van der Waals surface area contributed by atoms with Crippen molar-refractivity contribution in [3.63, 3.8) is 0 Å². The van der Waals surface area contributed by atoms with Crippen molar-refractivity contribution in [2.45, 2.75) is 32.7 Å². The smallest absolute Gasteiger partial charge is 0.276 e. The second kappa shape index (κ2) is 6.87. The predicted molar refractivity (Wildman–Crippen MR) is 82.0 cm³/mol. The SMILES string of the molecule is Cc1nccnc1CCC1COCCN1C(=O)c1ncoc1C. The van der Waals surface area contributed by atoms with Gasteiger partial charge in [-0.05, 0) is 26.7 Å². The third-order valence-electron chi connectivity index (χ3n) is 4.13. The number of aryl methyl sites for hydroxylation is 3. The Balaban J connectivity index is 1.70. The number of morpholine rings is 1. The van der Waals surface area contributed by atoms with Gasteiger partial charge in [0.1, 0.15) is 5.76 Å². The lowest BCUT2D eigenvalue weighted by molar-refractivity contribution is -0.00450. The molecule has 3 rings (SSSR count). The van der Waals surface area contributed by atoms with Crippen molar-refractivity contribution in [3.8, 4) is 0 Å². The zero-order valence-corrected chi connectivity index (χ0v) is 13.4. The van der Waals surface area contributed by atoms with Crippen molar-refractivity contribution in [2.75, 3.05) is 19.8 Å². The molecule has 1 amide bonds. The Kier molecular flexibility index (Phi) is 4.66. The summed E-state index contributed by atoms with van der Waals surface area (Å²) in [7, 11) is 0. The Hall–Kier alpha value is -2.28. The highest BCUT2D eigenvalue weighted by molar-refractivity contribution is 5.93. The van der Waals surface area contributed by atoms with E-state index in [1.54, 1.807) is 19.3 Å². The van der Waals surface area contributed by atoms with Gasteiger partial charge in [0, 0.05) is 18.9 Å². The quantitative estimate of drug-likeness (QED) is 0.851. The molecular weight excluding hydrogens is 296 g/mol. The minimum Gasteiger partial charge on any atom is -0.448 e. The number of aromatic nitrogens is 3. The molecule has 2 aromatic heterocycles. The van der Waals surface area contributed by atoms with Crippen LogP contribution in [-0.2, 0) is 11.2 Å². The van der Waals surface area contributed by atoms with Crippen molar-refractivity contribution in [1.82, 2.24) is 19.9 Å². The van der Waals surface area contributed by atoms with E-state index < -0.39 is 0 Å². The molecule has 0 bridgehead atoms. The molecule has 0 saturated carbocycles. The summed E-state index contributed by atoms with van der Waals surface area (Å²) in [4.78, 5) is 27.2. The number of hydrogen-bond donors (Lipinski definition) is 0. The molecule has 2 aromatic rings. The van der Waals surface area contributed by atoms with Crippen LogP contribution in [0.2, 0.25) is 0 Å². The molecule has 0 N–H and O–H groups in total. The van der Waals surface area contributed by atoms with Gasteiger partial charge < -0.3 is 14.1 Å². The van der Waals surface area contributed by atoms with Crippen LogP contribution in [0.25, 0.3) is 0 Å². The molecule has 1 aliphatic heterocycles. The molecule has 0 aliphatic carbocycles. The zero-order valence-electron chi connectivity index (χ0n) is 13.4. The minimum absolute atomic E-state index is 0.00811. The van der Waals surface area contributed by atoms with E-state index in [-0.39, 0.29) is 11.9 Å². The van der Waals surface area contributed by atoms with Crippen molar-refractivity contribution in [1.29, 1.82) is 0 Å². The van der Waals surface area contributed by atoms with Gasteiger partial charge >= 0.3 is 0 Å². The molecule has 1 aliphatic rings. The Morgan fingerprint density at radius 2 is 2.13 bits per heavy atom. The summed E-state index contributed by atoms with van der Waals surface area (Å²) in [5, 5.41) is 0. The summed E-state index contributed by atoms with van der Waals surface area (Å²) in [6.07, 6.45) is 6.23. The Morgan fingerprint density at radius 1 is 1.30 bits per heavy atom. The summed E-state index contributed by atoms with van der Waals surface area (Å²) >= 11 is 0. The molecule has 122 valence electrons. The van der Waals surface area contributed by atoms with Crippen molar-refractivity contribution in [2.24, 2.45) is 0 Å². The summed E-state index contributed by atoms with van der Waals surface area (Å²) in [6.45, 7) is 5.33. The zero-order chi connectivity index (χ0) is 16.2. The monoisotopic (exact) mass is 316 g/mol. The molecule has 0 radical (unpaired) electrons. The van der Waals surface area contributed by atoms with Gasteiger partial charge in [0.15, 0.2) is 12.1 Å². The lowest BCUT2D eigenvalue weighted by Crippen LogP contribution is -2.49. The summed E-state index contributed by atoms with van der Waals surface area (Å²) in [5.74, 6) is 0.449. The summed E-state index contributed by atoms with van der Waals surface area (Å²) in [6, 6.07) is 0.00811. The standard InChI is InChI=1S/C16H20N4O3/c1-11-14(18-6-5-17-11)4-3-13-9-22-8-7-20(13)16(21)15-12(2)23-10-19-15/h5-6,10,13H,3-4,7-9H2,1-2H3. The van der Waals surface area contributed by atoms with E-state index in [1.165, 1.54) is 6.39 Å². The van der Waals surface area contributed by atoms with Gasteiger partial charge in [-0.1, -0.05) is 0 Å². The first-order valence-corrected chi connectivity index (χ1v) is 7.72. The summed E-state index contributed by atoms with van der Waals surface area (Å²) in [5.41, 5.74) is 2.27. The van der Waals surface area contributed by atoms with Crippen LogP contribution in [0.5, 0.6) is 0 Å². The number of ether oxygens (including phenoxy) is 1. The fourth-order valence-electron chi connectivity index (χ4n) is 2.79. The average Bonchev–Trinajstić information content (AvgIpc) is 3.00. The lowest BCUT2D eigenvalue weighted by atomic mass is 10.1. The van der Waals surface area contributed by atoms with Gasteiger partial charge in [0.2, 0.25) is 0 Å². The van der Waals surface area contributed by atoms with E-state index >= 15 is 0 Å². The number of hydrogen-bond acceptors (Lipinski definition) is 6. The van der Waals surface area contributed by atoms with Crippen molar-refractivity contribution < 1.29 is 13.9 Å². The number of carbonyl (C=O) groups excluding carboxylic acids is 1. The van der Waals surface area contributed by atoms with Gasteiger partial charge in [-0.2, -0.15) is 0 Å². The van der Waals surface area contributed by atoms with E-state index in [1.807, 2.05) is 11.8 Å². The third-order valence-corrected chi connectivity index (χ3v) is 4.13. The normalized spacial score (nSPS) is 18.2. The van der Waals surface area contributed by atoms with Crippen LogP contribution in [0.3, 0.4) is 0 Å². The van der Waals surface area contributed by atoms with Gasteiger partial charge in [-0.15, -0.1) is 0 Å². The first-order chi connectivity index (χ1) is 11.2. The topological polar surface area (TPSA) is 81.4 Å². The third kappa shape index (κ3) is 3.39. The highest BCUT2D eigenvalue weighted by Crippen LogP contribution is 2.18. The second-order valence-corrected chi connectivity index (χ2v) is 5.61. The fourth-order valence-corrected chi connectivity index (χ4v) is 2.79. The first kappa shape index (κ1) is 15.6. The minimum atomic E-state index is -0.0968. The largest absolute Gasteiger partial charge is 0.448 e.